The first-order chi connectivity index (χ1) is 13.1. The van der Waals surface area contributed by atoms with Crippen LogP contribution in [0, 0.1) is 0 Å². The molecule has 28 heavy (non-hydrogen) atoms. The number of nitrogens with zero attached hydrogens (tertiary/aromatic N) is 2. The van der Waals surface area contributed by atoms with Crippen molar-refractivity contribution >= 4 is 22.6 Å². The molecule has 0 aliphatic rings. The van der Waals surface area contributed by atoms with Gasteiger partial charge < -0.3 is 10.1 Å². The van der Waals surface area contributed by atoms with Gasteiger partial charge in [0.25, 0.3) is 11.5 Å². The molecule has 146 valence electrons. The Balaban J connectivity index is 2.02. The average molecular weight is 382 g/mol. The van der Waals surface area contributed by atoms with Gasteiger partial charge in [-0.2, -0.15) is 0 Å². The van der Waals surface area contributed by atoms with Gasteiger partial charge in [-0.05, 0) is 29.2 Å². The van der Waals surface area contributed by atoms with Crippen LogP contribution in [0.15, 0.2) is 40.1 Å². The van der Waals surface area contributed by atoms with Crippen molar-refractivity contribution in [3.05, 3.63) is 62.4 Å². The van der Waals surface area contributed by atoms with Crippen LogP contribution in [0.3, 0.4) is 0 Å². The van der Waals surface area contributed by atoms with Gasteiger partial charge >= 0.3 is 5.69 Å². The summed E-state index contributed by atoms with van der Waals surface area (Å²) in [7, 11) is 3.02. The van der Waals surface area contributed by atoms with E-state index in [1.165, 1.54) is 31.0 Å². The first-order valence-electron chi connectivity index (χ1n) is 8.71. The Hall–Kier alpha value is -3.42. The van der Waals surface area contributed by atoms with Crippen molar-refractivity contribution in [2.24, 2.45) is 7.05 Å². The number of carbonyl (C=O) groups is 1. The molecule has 2 N–H and O–H groups in total. The second-order valence-corrected chi connectivity index (χ2v) is 7.53. The minimum absolute atomic E-state index is 0.103. The summed E-state index contributed by atoms with van der Waals surface area (Å²) in [5.41, 5.74) is 0.700. The van der Waals surface area contributed by atoms with Crippen LogP contribution in [0.5, 0.6) is 5.75 Å². The summed E-state index contributed by atoms with van der Waals surface area (Å²) in [5, 5.41) is 2.97. The highest BCUT2D eigenvalue weighted by Gasteiger charge is 2.18. The molecule has 0 radical (unpaired) electrons. The number of carbonyl (C=O) groups excluding carboxylic acids is 1. The summed E-state index contributed by atoms with van der Waals surface area (Å²) in [4.78, 5) is 42.8. The molecule has 0 saturated heterocycles. The lowest BCUT2D eigenvalue weighted by atomic mass is 9.87. The zero-order chi connectivity index (χ0) is 20.6. The van der Waals surface area contributed by atoms with Crippen LogP contribution in [0.25, 0.3) is 11.0 Å². The zero-order valence-corrected chi connectivity index (χ0v) is 16.4. The van der Waals surface area contributed by atoms with Crippen LogP contribution in [0.2, 0.25) is 0 Å². The van der Waals surface area contributed by atoms with Crippen LogP contribution >= 0.6 is 0 Å². The molecule has 2 aromatic heterocycles. The fraction of sp³-hybridized carbons (Fsp3) is 0.300. The molecule has 0 saturated carbocycles. The van der Waals surface area contributed by atoms with Gasteiger partial charge in [0.1, 0.15) is 11.4 Å². The summed E-state index contributed by atoms with van der Waals surface area (Å²) in [6, 6.07) is 7.03. The number of fused-ring (bicyclic) bond motifs is 1. The highest BCUT2D eigenvalue weighted by molar-refractivity contribution is 6.06. The number of hydrogen-bond acceptors (Lipinski definition) is 5. The molecule has 8 heteroatoms. The van der Waals surface area contributed by atoms with E-state index in [0.717, 1.165) is 5.56 Å². The van der Waals surface area contributed by atoms with Crippen molar-refractivity contribution in [3.8, 4) is 5.75 Å². The monoisotopic (exact) mass is 382 g/mol. The van der Waals surface area contributed by atoms with Gasteiger partial charge in [0.05, 0.1) is 23.7 Å². The van der Waals surface area contributed by atoms with E-state index in [2.05, 4.69) is 36.1 Å². The van der Waals surface area contributed by atoms with Crippen molar-refractivity contribution in [1.29, 1.82) is 0 Å². The number of ether oxygens (including phenoxy) is 1. The maximum atomic E-state index is 12.8. The summed E-state index contributed by atoms with van der Waals surface area (Å²) < 4.78 is 6.56. The lowest BCUT2D eigenvalue weighted by molar-refractivity contribution is 0.102. The molecule has 0 spiro atoms. The number of rotatable bonds is 3. The number of aromatic nitrogens is 3. The molecule has 0 bridgehead atoms. The van der Waals surface area contributed by atoms with Crippen molar-refractivity contribution in [3.63, 3.8) is 0 Å². The molecule has 0 aliphatic carbocycles. The second kappa shape index (κ2) is 6.95. The van der Waals surface area contributed by atoms with Crippen molar-refractivity contribution in [2.45, 2.75) is 26.2 Å². The van der Waals surface area contributed by atoms with Crippen LogP contribution in [0.4, 0.5) is 5.69 Å². The molecular weight excluding hydrogens is 360 g/mol. The van der Waals surface area contributed by atoms with E-state index in [4.69, 9.17) is 4.74 Å². The molecule has 2 heterocycles. The van der Waals surface area contributed by atoms with E-state index in [1.807, 2.05) is 12.1 Å². The Morgan fingerprint density at radius 3 is 2.57 bits per heavy atom. The van der Waals surface area contributed by atoms with E-state index < -0.39 is 17.2 Å². The Kier molecular flexibility index (Phi) is 4.80. The first kappa shape index (κ1) is 19.3. The lowest BCUT2D eigenvalue weighted by Gasteiger charge is -2.21. The molecule has 0 atom stereocenters. The zero-order valence-electron chi connectivity index (χ0n) is 16.4. The van der Waals surface area contributed by atoms with Crippen LogP contribution in [-0.4, -0.2) is 27.6 Å². The van der Waals surface area contributed by atoms with Gasteiger partial charge in [-0.15, -0.1) is 0 Å². The maximum Gasteiger partial charge on any atom is 0.329 e. The molecule has 1 amide bonds. The maximum absolute atomic E-state index is 12.8. The van der Waals surface area contributed by atoms with Crippen LogP contribution in [0.1, 0.15) is 36.7 Å². The molecule has 0 unspecified atom stereocenters. The summed E-state index contributed by atoms with van der Waals surface area (Å²) in [6.45, 7) is 6.22. The third kappa shape index (κ3) is 3.53. The average Bonchev–Trinajstić information content (AvgIpc) is 2.65. The number of aromatic amines is 1. The molecular formula is C20H22N4O4. The number of H-pyrrole nitrogens is 1. The normalized spacial score (nSPS) is 11.5. The summed E-state index contributed by atoms with van der Waals surface area (Å²) >= 11 is 0. The van der Waals surface area contributed by atoms with E-state index in [0.29, 0.717) is 11.4 Å². The smallest absolute Gasteiger partial charge is 0.329 e. The number of pyridine rings is 1. The molecule has 8 nitrogen and oxygen atoms in total. The summed E-state index contributed by atoms with van der Waals surface area (Å²) in [6.07, 6.45) is 1.33. The van der Waals surface area contributed by atoms with Crippen molar-refractivity contribution in [1.82, 2.24) is 14.5 Å². The van der Waals surface area contributed by atoms with Gasteiger partial charge in [-0.3, -0.25) is 19.1 Å². The van der Waals surface area contributed by atoms with Crippen LogP contribution < -0.4 is 21.3 Å². The number of hydrogen-bond donors (Lipinski definition) is 2. The Labute approximate surface area is 161 Å². The van der Waals surface area contributed by atoms with Crippen molar-refractivity contribution in [2.75, 3.05) is 12.4 Å². The van der Waals surface area contributed by atoms with E-state index in [-0.39, 0.29) is 22.0 Å². The number of aryl methyl sites for hydroxylation is 1. The Morgan fingerprint density at radius 2 is 1.93 bits per heavy atom. The number of methoxy groups -OCH3 is 1. The molecule has 0 aliphatic heterocycles. The van der Waals surface area contributed by atoms with E-state index >= 15 is 0 Å². The minimum atomic E-state index is -0.590. The van der Waals surface area contributed by atoms with Gasteiger partial charge in [0.2, 0.25) is 0 Å². The fourth-order valence-electron chi connectivity index (χ4n) is 2.83. The Morgan fingerprint density at radius 1 is 1.21 bits per heavy atom. The molecule has 3 aromatic rings. The number of benzene rings is 1. The first-order valence-corrected chi connectivity index (χ1v) is 8.71. The fourth-order valence-corrected chi connectivity index (χ4v) is 2.83. The Bertz CT molecular complexity index is 1190. The lowest BCUT2D eigenvalue weighted by Crippen LogP contribution is -2.29. The summed E-state index contributed by atoms with van der Waals surface area (Å²) in [5.74, 6) is 0.0855. The molecule has 0 fully saturated rings. The predicted octanol–water partition coefficient (Wildman–Crippen LogP) is 2.18. The third-order valence-electron chi connectivity index (χ3n) is 4.53. The van der Waals surface area contributed by atoms with Gasteiger partial charge in [-0.1, -0.05) is 26.8 Å². The van der Waals surface area contributed by atoms with Gasteiger partial charge in [0, 0.05) is 13.2 Å². The van der Waals surface area contributed by atoms with E-state index in [9.17, 15) is 14.4 Å². The molecule has 1 aromatic carbocycles. The van der Waals surface area contributed by atoms with E-state index in [1.54, 1.807) is 6.07 Å². The molecule has 3 rings (SSSR count). The standard InChI is InChI=1S/C20H22N4O4/c1-20(2,3)12-6-7-15(28-5)14(9-12)22-17(25)11-8-13-16(21-10-11)24(4)19(27)23-18(13)26/h6-10H,1-5H3,(H,22,25)(H,23,26,27). The number of amides is 1. The largest absolute Gasteiger partial charge is 0.495 e. The van der Waals surface area contributed by atoms with Crippen LogP contribution in [-0.2, 0) is 12.5 Å². The van der Waals surface area contributed by atoms with Gasteiger partial charge in [-0.25, -0.2) is 9.78 Å². The SMILES string of the molecule is COc1ccc(C(C)(C)C)cc1NC(=O)c1cnc2c(c1)c(=O)[nH]c(=O)n2C. The minimum Gasteiger partial charge on any atom is -0.495 e. The highest BCUT2D eigenvalue weighted by atomic mass is 16.5. The number of anilines is 1. The second-order valence-electron chi connectivity index (χ2n) is 7.53. The quantitative estimate of drug-likeness (QED) is 0.722. The topological polar surface area (TPSA) is 106 Å². The number of nitrogens with one attached hydrogen (secondary N) is 2. The predicted molar refractivity (Wildman–Crippen MR) is 107 cm³/mol. The third-order valence-corrected chi connectivity index (χ3v) is 4.53. The van der Waals surface area contributed by atoms with Gasteiger partial charge in [0.15, 0.2) is 0 Å². The highest BCUT2D eigenvalue weighted by Crippen LogP contribution is 2.31. The van der Waals surface area contributed by atoms with Crippen molar-refractivity contribution < 1.29 is 9.53 Å².